The van der Waals surface area contributed by atoms with E-state index in [0.29, 0.717) is 21.6 Å². The summed E-state index contributed by atoms with van der Waals surface area (Å²) in [4.78, 5) is 3.93. The minimum absolute atomic E-state index is 0.586. The number of anilines is 1. The third-order valence-electron chi connectivity index (χ3n) is 2.26. The van der Waals surface area contributed by atoms with Crippen molar-refractivity contribution in [1.29, 1.82) is 0 Å². The molecule has 0 aliphatic rings. The smallest absolute Gasteiger partial charge is 0.0652 e. The van der Waals surface area contributed by atoms with Crippen molar-refractivity contribution < 1.29 is 0 Å². The normalized spacial score (nSPS) is 10.3. The van der Waals surface area contributed by atoms with Crippen LogP contribution in [0.25, 0.3) is 0 Å². The predicted molar refractivity (Wildman–Crippen MR) is 73.0 cm³/mol. The van der Waals surface area contributed by atoms with Gasteiger partial charge in [-0.2, -0.15) is 0 Å². The molecule has 0 saturated heterocycles. The van der Waals surface area contributed by atoms with Crippen LogP contribution in [0.15, 0.2) is 36.7 Å². The van der Waals surface area contributed by atoms with Gasteiger partial charge in [-0.15, -0.1) is 0 Å². The van der Waals surface area contributed by atoms with E-state index in [4.69, 9.17) is 34.8 Å². The van der Waals surface area contributed by atoms with Gasteiger partial charge in [0.1, 0.15) is 0 Å². The highest BCUT2D eigenvalue weighted by atomic mass is 35.5. The first-order valence-corrected chi connectivity index (χ1v) is 6.07. The van der Waals surface area contributed by atoms with E-state index in [1.807, 2.05) is 12.1 Å². The van der Waals surface area contributed by atoms with Crippen molar-refractivity contribution in [3.05, 3.63) is 57.3 Å². The molecule has 1 aromatic heterocycles. The molecule has 0 spiro atoms. The lowest BCUT2D eigenvalue weighted by Crippen LogP contribution is -2.00. The molecule has 0 unspecified atom stereocenters. The van der Waals surface area contributed by atoms with Crippen LogP contribution in [0, 0.1) is 0 Å². The Hall–Kier alpha value is -0.960. The van der Waals surface area contributed by atoms with Crippen LogP contribution in [-0.4, -0.2) is 4.98 Å². The molecule has 0 aliphatic carbocycles. The molecule has 0 amide bonds. The second-order valence-corrected chi connectivity index (χ2v) is 4.70. The van der Waals surface area contributed by atoms with E-state index in [-0.39, 0.29) is 0 Å². The molecule has 1 N–H and O–H groups in total. The molecular formula is C12H9Cl3N2. The molecule has 2 aromatic rings. The van der Waals surface area contributed by atoms with Crippen LogP contribution in [0.2, 0.25) is 15.1 Å². The van der Waals surface area contributed by atoms with Gasteiger partial charge in [0, 0.05) is 24.0 Å². The number of pyridine rings is 1. The highest BCUT2D eigenvalue weighted by Gasteiger charge is 2.03. The first-order valence-electron chi connectivity index (χ1n) is 4.94. The SMILES string of the molecule is Clc1ccc(NCc2ccncc2Cl)c(Cl)c1. The molecule has 88 valence electrons. The summed E-state index contributed by atoms with van der Waals surface area (Å²) in [5.41, 5.74) is 1.79. The zero-order valence-electron chi connectivity index (χ0n) is 8.75. The number of aromatic nitrogens is 1. The fraction of sp³-hybridized carbons (Fsp3) is 0.0833. The number of nitrogens with one attached hydrogen (secondary N) is 1. The Kier molecular flexibility index (Phi) is 4.11. The van der Waals surface area contributed by atoms with E-state index < -0.39 is 0 Å². The van der Waals surface area contributed by atoms with Gasteiger partial charge in [-0.05, 0) is 29.8 Å². The topological polar surface area (TPSA) is 24.9 Å². The van der Waals surface area contributed by atoms with Crippen molar-refractivity contribution in [3.63, 3.8) is 0 Å². The predicted octanol–water partition coefficient (Wildman–Crippen LogP) is 4.65. The summed E-state index contributed by atoms with van der Waals surface area (Å²) in [6, 6.07) is 7.17. The van der Waals surface area contributed by atoms with Gasteiger partial charge in [-0.1, -0.05) is 34.8 Å². The molecule has 0 aliphatic heterocycles. The molecule has 0 atom stereocenters. The molecule has 1 heterocycles. The van der Waals surface area contributed by atoms with Gasteiger partial charge in [0.05, 0.1) is 15.7 Å². The average Bonchev–Trinajstić information content (AvgIpc) is 2.30. The maximum Gasteiger partial charge on any atom is 0.0652 e. The standard InChI is InChI=1S/C12H9Cl3N2/c13-9-1-2-12(10(14)5-9)17-6-8-3-4-16-7-11(8)15/h1-5,7,17H,6H2. The lowest BCUT2D eigenvalue weighted by atomic mass is 10.2. The van der Waals surface area contributed by atoms with Crippen molar-refractivity contribution in [2.45, 2.75) is 6.54 Å². The molecule has 17 heavy (non-hydrogen) atoms. The maximum absolute atomic E-state index is 6.04. The molecule has 2 nitrogen and oxygen atoms in total. The molecule has 0 radical (unpaired) electrons. The highest BCUT2D eigenvalue weighted by molar-refractivity contribution is 6.36. The molecule has 2 rings (SSSR count). The number of nitrogens with zero attached hydrogens (tertiary/aromatic N) is 1. The van der Waals surface area contributed by atoms with Crippen molar-refractivity contribution in [2.24, 2.45) is 0 Å². The fourth-order valence-electron chi connectivity index (χ4n) is 1.37. The Bertz CT molecular complexity index is 529. The zero-order valence-corrected chi connectivity index (χ0v) is 11.0. The number of hydrogen-bond acceptors (Lipinski definition) is 2. The second kappa shape index (κ2) is 5.58. The Labute approximate surface area is 115 Å². The van der Waals surface area contributed by atoms with Gasteiger partial charge in [0.25, 0.3) is 0 Å². The molecule has 0 saturated carbocycles. The summed E-state index contributed by atoms with van der Waals surface area (Å²) in [5.74, 6) is 0. The first-order chi connectivity index (χ1) is 8.16. The summed E-state index contributed by atoms with van der Waals surface area (Å²) < 4.78 is 0. The summed E-state index contributed by atoms with van der Waals surface area (Å²) in [6.45, 7) is 0.586. The van der Waals surface area contributed by atoms with Crippen LogP contribution in [0.3, 0.4) is 0 Å². The third-order valence-corrected chi connectivity index (χ3v) is 3.14. The van der Waals surface area contributed by atoms with E-state index >= 15 is 0 Å². The number of benzene rings is 1. The highest BCUT2D eigenvalue weighted by Crippen LogP contribution is 2.26. The molecule has 5 heteroatoms. The largest absolute Gasteiger partial charge is 0.380 e. The summed E-state index contributed by atoms with van der Waals surface area (Å²) >= 11 is 17.9. The van der Waals surface area contributed by atoms with Crippen LogP contribution in [-0.2, 0) is 6.54 Å². The Morgan fingerprint density at radius 1 is 1.06 bits per heavy atom. The summed E-state index contributed by atoms with van der Waals surface area (Å²) in [5, 5.41) is 5.02. The van der Waals surface area contributed by atoms with Gasteiger partial charge in [0.15, 0.2) is 0 Å². The maximum atomic E-state index is 6.04. The van der Waals surface area contributed by atoms with Crippen LogP contribution in [0.4, 0.5) is 5.69 Å². The zero-order chi connectivity index (χ0) is 12.3. The monoisotopic (exact) mass is 286 g/mol. The quantitative estimate of drug-likeness (QED) is 0.888. The van der Waals surface area contributed by atoms with E-state index in [1.54, 1.807) is 24.5 Å². The van der Waals surface area contributed by atoms with Crippen LogP contribution in [0.1, 0.15) is 5.56 Å². The summed E-state index contributed by atoms with van der Waals surface area (Å²) in [6.07, 6.45) is 3.31. The fourth-order valence-corrected chi connectivity index (χ4v) is 2.03. The van der Waals surface area contributed by atoms with E-state index in [0.717, 1.165) is 11.3 Å². The molecular weight excluding hydrogens is 279 g/mol. The molecule has 0 bridgehead atoms. The second-order valence-electron chi connectivity index (χ2n) is 3.44. The molecule has 1 aromatic carbocycles. The summed E-state index contributed by atoms with van der Waals surface area (Å²) in [7, 11) is 0. The third kappa shape index (κ3) is 3.25. The lowest BCUT2D eigenvalue weighted by Gasteiger charge is -2.09. The van der Waals surface area contributed by atoms with Crippen LogP contribution < -0.4 is 5.32 Å². The van der Waals surface area contributed by atoms with Gasteiger partial charge in [0.2, 0.25) is 0 Å². The first kappa shape index (κ1) is 12.5. The van der Waals surface area contributed by atoms with E-state index in [1.165, 1.54) is 0 Å². The number of halogens is 3. The van der Waals surface area contributed by atoms with Crippen LogP contribution >= 0.6 is 34.8 Å². The Balaban J connectivity index is 2.10. The van der Waals surface area contributed by atoms with E-state index in [2.05, 4.69) is 10.3 Å². The van der Waals surface area contributed by atoms with Gasteiger partial charge in [-0.25, -0.2) is 0 Å². The van der Waals surface area contributed by atoms with Crippen LogP contribution in [0.5, 0.6) is 0 Å². The minimum atomic E-state index is 0.586. The van der Waals surface area contributed by atoms with Gasteiger partial charge >= 0.3 is 0 Å². The lowest BCUT2D eigenvalue weighted by molar-refractivity contribution is 1.13. The Morgan fingerprint density at radius 3 is 2.59 bits per heavy atom. The Morgan fingerprint density at radius 2 is 1.88 bits per heavy atom. The number of hydrogen-bond donors (Lipinski definition) is 1. The average molecular weight is 288 g/mol. The van der Waals surface area contributed by atoms with Crippen molar-refractivity contribution >= 4 is 40.5 Å². The number of rotatable bonds is 3. The van der Waals surface area contributed by atoms with E-state index in [9.17, 15) is 0 Å². The van der Waals surface area contributed by atoms with Crippen molar-refractivity contribution in [2.75, 3.05) is 5.32 Å². The van der Waals surface area contributed by atoms with Crippen molar-refractivity contribution in [1.82, 2.24) is 4.98 Å². The minimum Gasteiger partial charge on any atom is -0.380 e. The van der Waals surface area contributed by atoms with Gasteiger partial charge in [-0.3, -0.25) is 4.98 Å². The van der Waals surface area contributed by atoms with Crippen molar-refractivity contribution in [3.8, 4) is 0 Å². The molecule has 0 fully saturated rings. The van der Waals surface area contributed by atoms with Gasteiger partial charge < -0.3 is 5.32 Å².